The van der Waals surface area contributed by atoms with Crippen LogP contribution in [0.1, 0.15) is 11.9 Å². The third-order valence-electron chi connectivity index (χ3n) is 1.94. The first-order valence-electron chi connectivity index (χ1n) is 4.07. The van der Waals surface area contributed by atoms with Crippen molar-refractivity contribution in [2.45, 2.75) is 6.29 Å². The Labute approximate surface area is 87.9 Å². The van der Waals surface area contributed by atoms with Gasteiger partial charge in [0.05, 0.1) is 23.2 Å². The Morgan fingerprint density at radius 3 is 2.36 bits per heavy atom. The molecule has 1 aliphatic heterocycles. The summed E-state index contributed by atoms with van der Waals surface area (Å²) in [4.78, 5) is 0. The molecule has 1 aliphatic rings. The van der Waals surface area contributed by atoms with Crippen LogP contribution in [-0.4, -0.2) is 13.2 Å². The lowest BCUT2D eigenvalue weighted by Gasteiger charge is -2.12. The molecule has 1 fully saturated rings. The standard InChI is InChI=1S/C9H7BrF2O2/c10-8-6(12)2-1-5(11)7(8)9-13-3-4-14-9/h1-2,9H,3-4H2. The SMILES string of the molecule is Fc1ccc(F)c(C2OCCO2)c1Br. The summed E-state index contributed by atoms with van der Waals surface area (Å²) in [6.07, 6.45) is -0.805. The summed E-state index contributed by atoms with van der Waals surface area (Å²) in [7, 11) is 0. The Balaban J connectivity index is 2.44. The van der Waals surface area contributed by atoms with Gasteiger partial charge in [-0.05, 0) is 28.1 Å². The third kappa shape index (κ3) is 1.67. The van der Waals surface area contributed by atoms with E-state index in [0.29, 0.717) is 13.2 Å². The number of rotatable bonds is 1. The first-order chi connectivity index (χ1) is 6.70. The average Bonchev–Trinajstić information content (AvgIpc) is 2.65. The molecule has 14 heavy (non-hydrogen) atoms. The van der Waals surface area contributed by atoms with Crippen LogP contribution in [0.2, 0.25) is 0 Å². The molecule has 2 nitrogen and oxygen atoms in total. The summed E-state index contributed by atoms with van der Waals surface area (Å²) in [6, 6.07) is 2.11. The molecule has 0 aliphatic carbocycles. The monoisotopic (exact) mass is 264 g/mol. The van der Waals surface area contributed by atoms with E-state index >= 15 is 0 Å². The van der Waals surface area contributed by atoms with E-state index in [9.17, 15) is 8.78 Å². The molecule has 0 bridgehead atoms. The van der Waals surface area contributed by atoms with Crippen molar-refractivity contribution in [2.24, 2.45) is 0 Å². The lowest BCUT2D eigenvalue weighted by Crippen LogP contribution is -2.04. The predicted molar refractivity (Wildman–Crippen MR) is 48.7 cm³/mol. The summed E-state index contributed by atoms with van der Waals surface area (Å²) in [5.41, 5.74) is 0.0856. The van der Waals surface area contributed by atoms with E-state index in [-0.39, 0.29) is 10.0 Å². The van der Waals surface area contributed by atoms with E-state index in [2.05, 4.69) is 15.9 Å². The Bertz CT molecular complexity index is 351. The van der Waals surface area contributed by atoms with Crippen molar-refractivity contribution < 1.29 is 18.3 Å². The number of hydrogen-bond acceptors (Lipinski definition) is 2. The minimum absolute atomic E-state index is 0.0596. The number of ether oxygens (including phenoxy) is 2. The van der Waals surface area contributed by atoms with Crippen LogP contribution in [0.15, 0.2) is 16.6 Å². The van der Waals surface area contributed by atoms with Crippen LogP contribution in [0.25, 0.3) is 0 Å². The molecule has 2 rings (SSSR count). The van der Waals surface area contributed by atoms with Crippen molar-refractivity contribution >= 4 is 15.9 Å². The molecule has 76 valence electrons. The number of halogens is 3. The Hall–Kier alpha value is -0.520. The Morgan fingerprint density at radius 2 is 1.71 bits per heavy atom. The molecule has 0 N–H and O–H groups in total. The van der Waals surface area contributed by atoms with Gasteiger partial charge in [0.1, 0.15) is 11.6 Å². The number of hydrogen-bond donors (Lipinski definition) is 0. The quantitative estimate of drug-likeness (QED) is 0.727. The highest BCUT2D eigenvalue weighted by atomic mass is 79.9. The van der Waals surface area contributed by atoms with Crippen molar-refractivity contribution in [3.63, 3.8) is 0 Å². The fraction of sp³-hybridized carbons (Fsp3) is 0.333. The van der Waals surface area contributed by atoms with Crippen molar-refractivity contribution in [2.75, 3.05) is 13.2 Å². The van der Waals surface area contributed by atoms with Crippen molar-refractivity contribution in [1.29, 1.82) is 0 Å². The molecule has 1 saturated heterocycles. The van der Waals surface area contributed by atoms with Crippen LogP contribution in [0, 0.1) is 11.6 Å². The second-order valence-electron chi connectivity index (χ2n) is 2.83. The van der Waals surface area contributed by atoms with Crippen LogP contribution >= 0.6 is 15.9 Å². The fourth-order valence-electron chi connectivity index (χ4n) is 1.28. The van der Waals surface area contributed by atoms with Gasteiger partial charge in [-0.25, -0.2) is 8.78 Å². The molecular weight excluding hydrogens is 258 g/mol. The molecule has 5 heteroatoms. The van der Waals surface area contributed by atoms with E-state index in [4.69, 9.17) is 9.47 Å². The van der Waals surface area contributed by atoms with Crippen molar-refractivity contribution in [3.8, 4) is 0 Å². The highest BCUT2D eigenvalue weighted by Crippen LogP contribution is 2.33. The van der Waals surface area contributed by atoms with Gasteiger partial charge in [-0.1, -0.05) is 0 Å². The molecule has 0 aromatic heterocycles. The number of benzene rings is 1. The first-order valence-corrected chi connectivity index (χ1v) is 4.86. The topological polar surface area (TPSA) is 18.5 Å². The largest absolute Gasteiger partial charge is 0.346 e. The molecule has 1 aromatic rings. The summed E-state index contributed by atoms with van der Waals surface area (Å²) < 4.78 is 36.7. The second kappa shape index (κ2) is 3.92. The van der Waals surface area contributed by atoms with Gasteiger partial charge in [0.2, 0.25) is 0 Å². The maximum Gasteiger partial charge on any atom is 0.188 e. The Morgan fingerprint density at radius 1 is 1.14 bits per heavy atom. The predicted octanol–water partition coefficient (Wildman–Crippen LogP) is 2.77. The zero-order chi connectivity index (χ0) is 10.1. The minimum Gasteiger partial charge on any atom is -0.346 e. The third-order valence-corrected chi connectivity index (χ3v) is 2.74. The molecule has 0 radical (unpaired) electrons. The zero-order valence-electron chi connectivity index (χ0n) is 7.10. The van der Waals surface area contributed by atoms with Crippen LogP contribution in [0.4, 0.5) is 8.78 Å². The zero-order valence-corrected chi connectivity index (χ0v) is 8.68. The van der Waals surface area contributed by atoms with Gasteiger partial charge in [0, 0.05) is 0 Å². The summed E-state index contributed by atoms with van der Waals surface area (Å²) in [5, 5.41) is 0. The molecular formula is C9H7BrF2O2. The Kier molecular flexibility index (Phi) is 2.80. The summed E-state index contributed by atoms with van der Waals surface area (Å²) in [6.45, 7) is 0.792. The highest BCUT2D eigenvalue weighted by molar-refractivity contribution is 9.10. The van der Waals surface area contributed by atoms with Gasteiger partial charge in [-0.15, -0.1) is 0 Å². The summed E-state index contributed by atoms with van der Waals surface area (Å²) >= 11 is 2.97. The minimum atomic E-state index is -0.805. The smallest absolute Gasteiger partial charge is 0.188 e. The fourth-order valence-corrected chi connectivity index (χ4v) is 1.79. The maximum absolute atomic E-state index is 13.3. The van der Waals surface area contributed by atoms with E-state index < -0.39 is 17.9 Å². The van der Waals surface area contributed by atoms with Crippen LogP contribution < -0.4 is 0 Å². The molecule has 0 spiro atoms. The highest BCUT2D eigenvalue weighted by Gasteiger charge is 2.25. The van der Waals surface area contributed by atoms with Gasteiger partial charge >= 0.3 is 0 Å². The molecule has 0 saturated carbocycles. The lowest BCUT2D eigenvalue weighted by atomic mass is 10.2. The van der Waals surface area contributed by atoms with Crippen molar-refractivity contribution in [3.05, 3.63) is 33.8 Å². The second-order valence-corrected chi connectivity index (χ2v) is 3.62. The van der Waals surface area contributed by atoms with E-state index in [0.717, 1.165) is 12.1 Å². The van der Waals surface area contributed by atoms with Gasteiger partial charge in [0.25, 0.3) is 0 Å². The molecule has 0 atom stereocenters. The average molecular weight is 265 g/mol. The molecule has 1 aromatic carbocycles. The van der Waals surface area contributed by atoms with Gasteiger partial charge < -0.3 is 9.47 Å². The van der Waals surface area contributed by atoms with Crippen molar-refractivity contribution in [1.82, 2.24) is 0 Å². The van der Waals surface area contributed by atoms with E-state index in [1.165, 1.54) is 0 Å². The van der Waals surface area contributed by atoms with E-state index in [1.807, 2.05) is 0 Å². The van der Waals surface area contributed by atoms with Crippen LogP contribution in [0.3, 0.4) is 0 Å². The van der Waals surface area contributed by atoms with Gasteiger partial charge in [0.15, 0.2) is 6.29 Å². The first kappa shape index (κ1) is 10.0. The van der Waals surface area contributed by atoms with Gasteiger partial charge in [-0.2, -0.15) is 0 Å². The molecule has 0 unspecified atom stereocenters. The van der Waals surface area contributed by atoms with E-state index in [1.54, 1.807) is 0 Å². The van der Waals surface area contributed by atoms with Crippen LogP contribution in [0.5, 0.6) is 0 Å². The normalized spacial score (nSPS) is 17.6. The lowest BCUT2D eigenvalue weighted by molar-refractivity contribution is -0.0472. The molecule has 1 heterocycles. The van der Waals surface area contributed by atoms with Gasteiger partial charge in [-0.3, -0.25) is 0 Å². The summed E-state index contributed by atoms with van der Waals surface area (Å²) in [5.74, 6) is -1.06. The molecule has 0 amide bonds. The van der Waals surface area contributed by atoms with Crippen LogP contribution in [-0.2, 0) is 9.47 Å². The maximum atomic E-state index is 13.3.